The molecule has 6 rings (SSSR count). The Labute approximate surface area is 269 Å². The second kappa shape index (κ2) is 14.1. The third-order valence-electron chi connectivity index (χ3n) is 7.85. The maximum absolute atomic E-state index is 12.8. The molecule has 3 aromatic carbocycles. The van der Waals surface area contributed by atoms with Crippen LogP contribution in [0, 0.1) is 6.92 Å². The lowest BCUT2D eigenvalue weighted by Crippen LogP contribution is -2.35. The van der Waals surface area contributed by atoms with Crippen molar-refractivity contribution in [2.24, 2.45) is 0 Å². The van der Waals surface area contributed by atoms with Crippen molar-refractivity contribution >= 4 is 6.09 Å². The van der Waals surface area contributed by atoms with Crippen LogP contribution in [0.1, 0.15) is 35.2 Å². The van der Waals surface area contributed by atoms with Crippen molar-refractivity contribution in [1.29, 1.82) is 0 Å². The number of benzene rings is 3. The standard InChI is InChI=1S/C34H33F3N6O4/c1-23-20-29(32-39-31(41-47-32)25-12-14-27(15-13-25)46-34(35,36)37)40-43(23)22-26-10-7-11-30(28(26)21-24-8-3-2-4-9-24)45-33(44)38-16-19-42-17-5-6-18-42/h2-4,7-15,20H,5-6,16-19,21-22H2,1H3,(H,38,44). The van der Waals surface area contributed by atoms with Crippen molar-refractivity contribution < 1.29 is 32.0 Å². The van der Waals surface area contributed by atoms with E-state index in [9.17, 15) is 18.0 Å². The van der Waals surface area contributed by atoms with E-state index in [4.69, 9.17) is 14.4 Å². The number of likely N-dealkylation sites (tertiary alicyclic amines) is 1. The fraction of sp³-hybridized carbons (Fsp3) is 0.294. The number of carbonyl (C=O) groups is 1. The molecule has 0 bridgehead atoms. The largest absolute Gasteiger partial charge is 0.573 e. The summed E-state index contributed by atoms with van der Waals surface area (Å²) in [6.07, 6.45) is -2.36. The molecule has 0 radical (unpaired) electrons. The van der Waals surface area contributed by atoms with E-state index in [1.165, 1.54) is 37.1 Å². The van der Waals surface area contributed by atoms with E-state index < -0.39 is 12.5 Å². The summed E-state index contributed by atoms with van der Waals surface area (Å²) in [6, 6.07) is 22.6. The average Bonchev–Trinajstić information content (AvgIpc) is 3.81. The van der Waals surface area contributed by atoms with Crippen molar-refractivity contribution in [3.8, 4) is 34.5 Å². The minimum atomic E-state index is -4.78. The highest BCUT2D eigenvalue weighted by molar-refractivity contribution is 5.71. The Morgan fingerprint density at radius 2 is 1.77 bits per heavy atom. The zero-order chi connectivity index (χ0) is 32.8. The predicted octanol–water partition coefficient (Wildman–Crippen LogP) is 6.63. The Balaban J connectivity index is 1.19. The Kier molecular flexibility index (Phi) is 9.52. The van der Waals surface area contributed by atoms with Gasteiger partial charge in [-0.2, -0.15) is 10.1 Å². The third kappa shape index (κ3) is 8.36. The lowest BCUT2D eigenvalue weighted by atomic mass is 9.98. The molecule has 0 spiro atoms. The number of ether oxygens (including phenoxy) is 2. The highest BCUT2D eigenvalue weighted by atomic mass is 19.4. The van der Waals surface area contributed by atoms with Crippen molar-refractivity contribution in [3.05, 3.63) is 101 Å². The van der Waals surface area contributed by atoms with Gasteiger partial charge in [0.05, 0.1) is 6.54 Å². The molecule has 5 aromatic rings. The fourth-order valence-electron chi connectivity index (χ4n) is 5.50. The van der Waals surface area contributed by atoms with E-state index in [0.717, 1.165) is 42.0 Å². The number of nitrogens with one attached hydrogen (secondary N) is 1. The highest BCUT2D eigenvalue weighted by Crippen LogP contribution is 2.29. The zero-order valence-electron chi connectivity index (χ0n) is 25.7. The molecule has 0 aliphatic carbocycles. The molecular weight excluding hydrogens is 613 g/mol. The van der Waals surface area contributed by atoms with Crippen LogP contribution in [0.3, 0.4) is 0 Å². The first-order chi connectivity index (χ1) is 22.7. The number of aromatic nitrogens is 4. The Bertz CT molecular complexity index is 1800. The number of rotatable bonds is 11. The summed E-state index contributed by atoms with van der Waals surface area (Å²) in [5, 5.41) is 11.6. The van der Waals surface area contributed by atoms with Crippen molar-refractivity contribution in [2.45, 2.75) is 39.1 Å². The average molecular weight is 647 g/mol. The first-order valence-corrected chi connectivity index (χ1v) is 15.3. The number of amides is 1. The predicted molar refractivity (Wildman–Crippen MR) is 167 cm³/mol. The van der Waals surface area contributed by atoms with Crippen LogP contribution >= 0.6 is 0 Å². The number of alkyl halides is 3. The van der Waals surface area contributed by atoms with Crippen LogP contribution < -0.4 is 14.8 Å². The van der Waals surface area contributed by atoms with E-state index in [2.05, 4.69) is 25.1 Å². The van der Waals surface area contributed by atoms with Crippen molar-refractivity contribution in [3.63, 3.8) is 0 Å². The van der Waals surface area contributed by atoms with E-state index in [1.54, 1.807) is 10.7 Å². The molecule has 47 heavy (non-hydrogen) atoms. The smallest absolute Gasteiger partial charge is 0.410 e. The van der Waals surface area contributed by atoms with Gasteiger partial charge in [0.25, 0.3) is 5.89 Å². The molecule has 1 aliphatic heterocycles. The lowest BCUT2D eigenvalue weighted by Gasteiger charge is -2.17. The molecule has 3 heterocycles. The summed E-state index contributed by atoms with van der Waals surface area (Å²) in [5.41, 5.74) is 4.56. The summed E-state index contributed by atoms with van der Waals surface area (Å²) < 4.78 is 54.5. The molecular formula is C34H33F3N6O4. The highest BCUT2D eigenvalue weighted by Gasteiger charge is 2.31. The number of aryl methyl sites for hydroxylation is 1. The molecule has 10 nitrogen and oxygen atoms in total. The maximum Gasteiger partial charge on any atom is 0.573 e. The molecule has 1 saturated heterocycles. The molecule has 0 atom stereocenters. The molecule has 1 amide bonds. The van der Waals surface area contributed by atoms with E-state index in [0.29, 0.717) is 36.5 Å². The van der Waals surface area contributed by atoms with Crippen LogP contribution in [0.2, 0.25) is 0 Å². The molecule has 13 heteroatoms. The number of halogens is 3. The minimum Gasteiger partial charge on any atom is -0.410 e. The van der Waals surface area contributed by atoms with Crippen LogP contribution in [-0.4, -0.2) is 63.5 Å². The molecule has 2 aromatic heterocycles. The van der Waals surface area contributed by atoms with Gasteiger partial charge in [0.2, 0.25) is 5.82 Å². The zero-order valence-corrected chi connectivity index (χ0v) is 25.7. The summed E-state index contributed by atoms with van der Waals surface area (Å²) in [5.74, 6) is 0.478. The second-order valence-electron chi connectivity index (χ2n) is 11.2. The van der Waals surface area contributed by atoms with Gasteiger partial charge in [-0.25, -0.2) is 4.79 Å². The number of nitrogens with zero attached hydrogens (tertiary/aromatic N) is 5. The maximum atomic E-state index is 12.8. The normalized spacial score (nSPS) is 13.5. The van der Waals surface area contributed by atoms with Gasteiger partial charge in [0.15, 0.2) is 5.69 Å². The SMILES string of the molecule is Cc1cc(-c2nc(-c3ccc(OC(F)(F)F)cc3)no2)nn1Cc1cccc(OC(=O)NCCN2CCCC2)c1Cc1ccccc1. The van der Waals surface area contributed by atoms with E-state index in [1.807, 2.05) is 55.5 Å². The minimum absolute atomic E-state index is 0.157. The van der Waals surface area contributed by atoms with Gasteiger partial charge < -0.3 is 24.2 Å². The number of hydrogen-bond acceptors (Lipinski definition) is 8. The summed E-state index contributed by atoms with van der Waals surface area (Å²) in [4.78, 5) is 19.5. The van der Waals surface area contributed by atoms with Gasteiger partial charge in [-0.15, -0.1) is 13.2 Å². The Hall–Kier alpha value is -5.17. The Morgan fingerprint density at radius 3 is 2.51 bits per heavy atom. The van der Waals surface area contributed by atoms with Crippen molar-refractivity contribution in [2.75, 3.05) is 26.2 Å². The van der Waals surface area contributed by atoms with Crippen LogP contribution in [-0.2, 0) is 13.0 Å². The molecule has 244 valence electrons. The van der Waals surface area contributed by atoms with Gasteiger partial charge in [-0.05, 0) is 80.4 Å². The van der Waals surface area contributed by atoms with E-state index in [-0.39, 0.29) is 17.5 Å². The third-order valence-corrected chi connectivity index (χ3v) is 7.85. The summed E-state index contributed by atoms with van der Waals surface area (Å²) >= 11 is 0. The van der Waals surface area contributed by atoms with Gasteiger partial charge in [0.1, 0.15) is 11.5 Å². The fourth-order valence-corrected chi connectivity index (χ4v) is 5.50. The lowest BCUT2D eigenvalue weighted by molar-refractivity contribution is -0.274. The molecule has 1 fully saturated rings. The van der Waals surface area contributed by atoms with Crippen LogP contribution in [0.5, 0.6) is 11.5 Å². The molecule has 1 aliphatic rings. The monoisotopic (exact) mass is 646 g/mol. The molecule has 0 unspecified atom stereocenters. The molecule has 1 N–H and O–H groups in total. The van der Waals surface area contributed by atoms with Gasteiger partial charge in [-0.3, -0.25) is 4.68 Å². The van der Waals surface area contributed by atoms with Crippen LogP contribution in [0.4, 0.5) is 18.0 Å². The first-order valence-electron chi connectivity index (χ1n) is 15.3. The first kappa shape index (κ1) is 31.8. The second-order valence-corrected chi connectivity index (χ2v) is 11.2. The van der Waals surface area contributed by atoms with Crippen LogP contribution in [0.25, 0.3) is 23.0 Å². The van der Waals surface area contributed by atoms with E-state index >= 15 is 0 Å². The number of hydrogen-bond donors (Lipinski definition) is 1. The topological polar surface area (TPSA) is 108 Å². The Morgan fingerprint density at radius 1 is 1.00 bits per heavy atom. The van der Waals surface area contributed by atoms with Crippen molar-refractivity contribution in [1.82, 2.24) is 30.1 Å². The van der Waals surface area contributed by atoms with Gasteiger partial charge >= 0.3 is 12.5 Å². The summed E-state index contributed by atoms with van der Waals surface area (Å²) in [7, 11) is 0. The molecule has 0 saturated carbocycles. The van der Waals surface area contributed by atoms with Gasteiger partial charge in [-0.1, -0.05) is 47.6 Å². The van der Waals surface area contributed by atoms with Gasteiger partial charge in [0, 0.05) is 36.3 Å². The summed E-state index contributed by atoms with van der Waals surface area (Å²) in [6.45, 7) is 5.69. The number of carbonyl (C=O) groups excluding carboxylic acids is 1. The quantitative estimate of drug-likeness (QED) is 0.170. The van der Waals surface area contributed by atoms with Crippen LogP contribution in [0.15, 0.2) is 83.4 Å².